The standard InChI is InChI=1S/C33H36N2O3/c1-22(2)19-29-32(36)35(21-23-13-15-25(16-14-23)24-9-5-3-6-10-24)30-20-27(33(37)38)17-18-28(30)31(34-29)26-11-7-4-8-12-26/h4,7-8,11-18,20,22,24,29H,3,5-6,9-10,19,21H2,1-2H3,(H,37,38)/t29-/m1/s1. The fraction of sp³-hybridized carbons (Fsp3) is 0.364. The minimum Gasteiger partial charge on any atom is -0.478 e. The molecule has 0 spiro atoms. The summed E-state index contributed by atoms with van der Waals surface area (Å²) in [5, 5.41) is 9.77. The van der Waals surface area contributed by atoms with E-state index < -0.39 is 12.0 Å². The first kappa shape index (κ1) is 25.9. The van der Waals surface area contributed by atoms with E-state index in [1.165, 1.54) is 37.7 Å². The molecule has 5 heteroatoms. The fourth-order valence-corrected chi connectivity index (χ4v) is 5.77. The normalized spacial score (nSPS) is 18.2. The van der Waals surface area contributed by atoms with Gasteiger partial charge in [-0.3, -0.25) is 9.79 Å². The summed E-state index contributed by atoms with van der Waals surface area (Å²) < 4.78 is 0. The summed E-state index contributed by atoms with van der Waals surface area (Å²) in [6, 6.07) is 23.0. The Hall–Kier alpha value is -3.73. The van der Waals surface area contributed by atoms with Crippen molar-refractivity contribution in [2.45, 2.75) is 70.9 Å². The van der Waals surface area contributed by atoms with Gasteiger partial charge in [0.05, 0.1) is 23.5 Å². The molecule has 1 N–H and O–H groups in total. The van der Waals surface area contributed by atoms with E-state index in [-0.39, 0.29) is 17.4 Å². The molecule has 1 heterocycles. The van der Waals surface area contributed by atoms with Gasteiger partial charge in [0.2, 0.25) is 0 Å². The molecule has 0 aromatic heterocycles. The number of rotatable bonds is 7. The predicted molar refractivity (Wildman–Crippen MR) is 152 cm³/mol. The maximum absolute atomic E-state index is 14.1. The zero-order chi connectivity index (χ0) is 26.6. The van der Waals surface area contributed by atoms with E-state index in [4.69, 9.17) is 4.99 Å². The average Bonchev–Trinajstić information content (AvgIpc) is 3.04. The molecule has 0 radical (unpaired) electrons. The number of carboxylic acids is 1. The van der Waals surface area contributed by atoms with Gasteiger partial charge in [-0.25, -0.2) is 4.79 Å². The van der Waals surface area contributed by atoms with Gasteiger partial charge in [-0.05, 0) is 60.4 Å². The first-order valence-corrected chi connectivity index (χ1v) is 13.8. The van der Waals surface area contributed by atoms with Crippen LogP contribution in [0.2, 0.25) is 0 Å². The van der Waals surface area contributed by atoms with E-state index >= 15 is 0 Å². The summed E-state index contributed by atoms with van der Waals surface area (Å²) >= 11 is 0. The van der Waals surface area contributed by atoms with Crippen LogP contribution < -0.4 is 4.90 Å². The lowest BCUT2D eigenvalue weighted by Gasteiger charge is -2.27. The molecule has 5 rings (SSSR count). The van der Waals surface area contributed by atoms with Gasteiger partial charge in [-0.15, -0.1) is 0 Å². The van der Waals surface area contributed by atoms with Crippen molar-refractivity contribution in [3.05, 3.63) is 101 Å². The zero-order valence-electron chi connectivity index (χ0n) is 22.3. The molecule has 1 aliphatic heterocycles. The number of anilines is 1. The van der Waals surface area contributed by atoms with Crippen molar-refractivity contribution >= 4 is 23.3 Å². The lowest BCUT2D eigenvalue weighted by atomic mass is 9.84. The summed E-state index contributed by atoms with van der Waals surface area (Å²) in [4.78, 5) is 32.8. The molecular formula is C33H36N2O3. The van der Waals surface area contributed by atoms with E-state index in [9.17, 15) is 14.7 Å². The summed E-state index contributed by atoms with van der Waals surface area (Å²) in [5.41, 5.74) is 5.57. The molecular weight excluding hydrogens is 472 g/mol. The van der Waals surface area contributed by atoms with Gasteiger partial charge in [0.1, 0.15) is 6.04 Å². The molecule has 3 aromatic rings. The molecule has 1 saturated carbocycles. The van der Waals surface area contributed by atoms with Crippen LogP contribution in [0.5, 0.6) is 0 Å². The highest BCUT2D eigenvalue weighted by atomic mass is 16.4. The molecule has 5 nitrogen and oxygen atoms in total. The zero-order valence-corrected chi connectivity index (χ0v) is 22.3. The number of carbonyl (C=O) groups excluding carboxylic acids is 1. The lowest BCUT2D eigenvalue weighted by Crippen LogP contribution is -2.38. The number of benzene rings is 3. The molecule has 1 amide bonds. The Labute approximate surface area is 225 Å². The molecule has 196 valence electrons. The highest BCUT2D eigenvalue weighted by molar-refractivity contribution is 6.20. The van der Waals surface area contributed by atoms with Crippen molar-refractivity contribution in [1.82, 2.24) is 0 Å². The van der Waals surface area contributed by atoms with E-state index in [0.29, 0.717) is 24.6 Å². The second-order valence-corrected chi connectivity index (χ2v) is 11.0. The molecule has 1 fully saturated rings. The number of fused-ring (bicyclic) bond motifs is 1. The maximum atomic E-state index is 14.1. The molecule has 38 heavy (non-hydrogen) atoms. The second kappa shape index (κ2) is 11.3. The quantitative estimate of drug-likeness (QED) is 0.366. The summed E-state index contributed by atoms with van der Waals surface area (Å²) in [6.07, 6.45) is 7.01. The Bertz CT molecular complexity index is 1320. The third-order valence-corrected chi connectivity index (χ3v) is 7.77. The van der Waals surface area contributed by atoms with Crippen molar-refractivity contribution in [2.24, 2.45) is 10.9 Å². The van der Waals surface area contributed by atoms with Gasteiger partial charge in [-0.2, -0.15) is 0 Å². The minimum absolute atomic E-state index is 0.0928. The fourth-order valence-electron chi connectivity index (χ4n) is 5.77. The highest BCUT2D eigenvalue weighted by Gasteiger charge is 2.33. The summed E-state index contributed by atoms with van der Waals surface area (Å²) in [7, 11) is 0. The highest BCUT2D eigenvalue weighted by Crippen LogP contribution is 2.35. The smallest absolute Gasteiger partial charge is 0.335 e. The topological polar surface area (TPSA) is 70.0 Å². The Morgan fingerprint density at radius 3 is 2.34 bits per heavy atom. The second-order valence-electron chi connectivity index (χ2n) is 11.0. The number of amides is 1. The van der Waals surface area contributed by atoms with Crippen molar-refractivity contribution in [2.75, 3.05) is 4.90 Å². The van der Waals surface area contributed by atoms with Crippen LogP contribution in [-0.4, -0.2) is 28.7 Å². The van der Waals surface area contributed by atoms with Crippen molar-refractivity contribution in [3.8, 4) is 0 Å². The summed E-state index contributed by atoms with van der Waals surface area (Å²) in [5.74, 6) is -0.214. The van der Waals surface area contributed by atoms with E-state index in [0.717, 1.165) is 22.4 Å². The van der Waals surface area contributed by atoms with Crippen LogP contribution in [0, 0.1) is 5.92 Å². The van der Waals surface area contributed by atoms with E-state index in [1.54, 1.807) is 23.1 Å². The number of carboxylic acid groups (broad SMARTS) is 1. The Morgan fingerprint density at radius 2 is 1.68 bits per heavy atom. The van der Waals surface area contributed by atoms with Crippen LogP contribution >= 0.6 is 0 Å². The van der Waals surface area contributed by atoms with Crippen LogP contribution in [0.3, 0.4) is 0 Å². The molecule has 0 unspecified atom stereocenters. The van der Waals surface area contributed by atoms with Crippen LogP contribution in [0.4, 0.5) is 5.69 Å². The predicted octanol–water partition coefficient (Wildman–Crippen LogP) is 7.23. The van der Waals surface area contributed by atoms with Crippen molar-refractivity contribution < 1.29 is 14.7 Å². The van der Waals surface area contributed by atoms with Crippen molar-refractivity contribution in [3.63, 3.8) is 0 Å². The average molecular weight is 509 g/mol. The largest absolute Gasteiger partial charge is 0.478 e. The van der Waals surface area contributed by atoms with E-state index in [2.05, 4.69) is 38.1 Å². The number of hydrogen-bond donors (Lipinski definition) is 1. The molecule has 0 bridgehead atoms. The molecule has 0 saturated heterocycles. The Kier molecular flexibility index (Phi) is 7.73. The molecule has 2 aliphatic rings. The molecule has 1 atom stereocenters. The summed E-state index contributed by atoms with van der Waals surface area (Å²) in [6.45, 7) is 4.56. The van der Waals surface area contributed by atoms with Gasteiger partial charge in [0.25, 0.3) is 5.91 Å². The Morgan fingerprint density at radius 1 is 0.974 bits per heavy atom. The number of aromatic carboxylic acids is 1. The first-order chi connectivity index (χ1) is 18.4. The van der Waals surface area contributed by atoms with Gasteiger partial charge in [0, 0.05) is 11.1 Å². The number of benzodiazepines with no additional fused rings is 1. The van der Waals surface area contributed by atoms with Crippen LogP contribution in [0.25, 0.3) is 0 Å². The molecule has 3 aromatic carbocycles. The number of carbonyl (C=O) groups is 2. The number of nitrogens with zero attached hydrogens (tertiary/aromatic N) is 2. The molecule has 1 aliphatic carbocycles. The monoisotopic (exact) mass is 508 g/mol. The van der Waals surface area contributed by atoms with Gasteiger partial charge < -0.3 is 10.0 Å². The number of hydrogen-bond acceptors (Lipinski definition) is 3. The maximum Gasteiger partial charge on any atom is 0.335 e. The van der Waals surface area contributed by atoms with E-state index in [1.807, 2.05) is 30.3 Å². The Balaban J connectivity index is 1.57. The van der Waals surface area contributed by atoms with Gasteiger partial charge >= 0.3 is 5.97 Å². The third kappa shape index (κ3) is 5.57. The lowest BCUT2D eigenvalue weighted by molar-refractivity contribution is -0.120. The van der Waals surface area contributed by atoms with Gasteiger partial charge in [0.15, 0.2) is 0 Å². The van der Waals surface area contributed by atoms with Gasteiger partial charge in [-0.1, -0.05) is 87.7 Å². The van der Waals surface area contributed by atoms with Crippen LogP contribution in [0.1, 0.15) is 90.9 Å². The van der Waals surface area contributed by atoms with Crippen LogP contribution in [0.15, 0.2) is 77.8 Å². The number of aliphatic imine (C=N–C) groups is 1. The minimum atomic E-state index is -1.02. The van der Waals surface area contributed by atoms with Crippen LogP contribution in [-0.2, 0) is 11.3 Å². The first-order valence-electron chi connectivity index (χ1n) is 13.8. The third-order valence-electron chi connectivity index (χ3n) is 7.77. The SMILES string of the molecule is CC(C)C[C@H]1N=C(c2ccccc2)c2ccc(C(=O)O)cc2N(Cc2ccc(C3CCCCC3)cc2)C1=O. The van der Waals surface area contributed by atoms with Crippen molar-refractivity contribution in [1.29, 1.82) is 0 Å².